The zero-order valence-electron chi connectivity index (χ0n) is 10.5. The lowest BCUT2D eigenvalue weighted by Crippen LogP contribution is -2.24. The summed E-state index contributed by atoms with van der Waals surface area (Å²) in [4.78, 5) is 10.8. The van der Waals surface area contributed by atoms with E-state index in [1.165, 1.54) is 6.07 Å². The molecule has 0 heterocycles. The van der Waals surface area contributed by atoms with Crippen LogP contribution in [-0.4, -0.2) is 29.3 Å². The van der Waals surface area contributed by atoms with E-state index in [2.05, 4.69) is 5.32 Å². The fourth-order valence-electron chi connectivity index (χ4n) is 1.53. The average molecular weight is 272 g/mol. The molecule has 0 atom stereocenters. The number of nitrogens with one attached hydrogen (secondary N) is 1. The molecule has 1 rings (SSSR count). The first-order valence-corrected chi connectivity index (χ1v) is 6.11. The van der Waals surface area contributed by atoms with Gasteiger partial charge in [0.2, 0.25) is 0 Å². The molecule has 0 aliphatic rings. The number of carboxylic acid groups (broad SMARTS) is 1. The van der Waals surface area contributed by atoms with Gasteiger partial charge in [-0.3, -0.25) is 0 Å². The van der Waals surface area contributed by atoms with Crippen LogP contribution in [0.2, 0.25) is 5.02 Å². The van der Waals surface area contributed by atoms with Crippen molar-refractivity contribution >= 4 is 23.3 Å². The highest BCUT2D eigenvalue weighted by Crippen LogP contribution is 2.24. The van der Waals surface area contributed by atoms with Gasteiger partial charge in [0.25, 0.3) is 0 Å². The predicted molar refractivity (Wildman–Crippen MR) is 72.4 cm³/mol. The number of hydrogen-bond donors (Lipinski definition) is 3. The van der Waals surface area contributed by atoms with Gasteiger partial charge in [0.15, 0.2) is 0 Å². The van der Waals surface area contributed by atoms with Crippen molar-refractivity contribution in [3.63, 3.8) is 0 Å². The lowest BCUT2D eigenvalue weighted by Gasteiger charge is -2.24. The minimum Gasteiger partial charge on any atom is -0.478 e. The highest BCUT2D eigenvalue weighted by Gasteiger charge is 2.17. The van der Waals surface area contributed by atoms with Crippen molar-refractivity contribution in [3.05, 3.63) is 28.8 Å². The van der Waals surface area contributed by atoms with Crippen molar-refractivity contribution in [1.29, 1.82) is 0 Å². The Morgan fingerprint density at radius 3 is 2.61 bits per heavy atom. The second-order valence-electron chi connectivity index (χ2n) is 4.99. The number of aromatic carboxylic acids is 1. The molecule has 100 valence electrons. The predicted octanol–water partition coefficient (Wildman–Crippen LogP) is 2.86. The number of halogens is 1. The number of hydrogen-bond acceptors (Lipinski definition) is 3. The molecule has 0 saturated carbocycles. The summed E-state index contributed by atoms with van der Waals surface area (Å²) in [5.41, 5.74) is 0.833. The zero-order chi connectivity index (χ0) is 13.8. The molecule has 0 aliphatic heterocycles. The molecule has 0 unspecified atom stereocenters. The fraction of sp³-hybridized carbons (Fsp3) is 0.462. The van der Waals surface area contributed by atoms with Gasteiger partial charge in [-0.2, -0.15) is 0 Å². The molecule has 0 radical (unpaired) electrons. The van der Waals surface area contributed by atoms with E-state index in [4.69, 9.17) is 21.8 Å². The third-order valence-electron chi connectivity index (χ3n) is 2.76. The van der Waals surface area contributed by atoms with Crippen LogP contribution < -0.4 is 5.32 Å². The molecule has 0 bridgehead atoms. The first-order chi connectivity index (χ1) is 8.35. The molecule has 4 nitrogen and oxygen atoms in total. The second kappa shape index (κ2) is 6.07. The summed E-state index contributed by atoms with van der Waals surface area (Å²) >= 11 is 5.87. The molecule has 5 heteroatoms. The highest BCUT2D eigenvalue weighted by atomic mass is 35.5. The van der Waals surface area contributed by atoms with Gasteiger partial charge < -0.3 is 15.5 Å². The molecule has 0 spiro atoms. The normalized spacial score (nSPS) is 11.3. The summed E-state index contributed by atoms with van der Waals surface area (Å²) in [6.45, 7) is 4.91. The van der Waals surface area contributed by atoms with Gasteiger partial charge in [0.1, 0.15) is 0 Å². The van der Waals surface area contributed by atoms with E-state index in [1.54, 1.807) is 12.1 Å². The van der Waals surface area contributed by atoms with Crippen molar-refractivity contribution in [2.24, 2.45) is 5.41 Å². The van der Waals surface area contributed by atoms with Crippen LogP contribution >= 0.6 is 11.6 Å². The van der Waals surface area contributed by atoms with E-state index in [0.29, 0.717) is 13.0 Å². The first kappa shape index (κ1) is 14.8. The third-order valence-corrected chi connectivity index (χ3v) is 3.07. The molecule has 3 N–H and O–H groups in total. The zero-order valence-corrected chi connectivity index (χ0v) is 11.3. The van der Waals surface area contributed by atoms with E-state index < -0.39 is 5.97 Å². The van der Waals surface area contributed by atoms with Crippen molar-refractivity contribution < 1.29 is 15.0 Å². The van der Waals surface area contributed by atoms with Crippen LogP contribution in [0.3, 0.4) is 0 Å². The average Bonchev–Trinajstić information content (AvgIpc) is 2.26. The second-order valence-corrected chi connectivity index (χ2v) is 5.40. The lowest BCUT2D eigenvalue weighted by molar-refractivity contribution is 0.0697. The number of carbonyl (C=O) groups is 1. The number of aliphatic hydroxyl groups is 1. The maximum atomic E-state index is 10.8. The fourth-order valence-corrected chi connectivity index (χ4v) is 1.79. The van der Waals surface area contributed by atoms with Crippen LogP contribution in [0, 0.1) is 5.41 Å². The van der Waals surface area contributed by atoms with Gasteiger partial charge in [-0.05, 0) is 30.0 Å². The topological polar surface area (TPSA) is 69.6 Å². The highest BCUT2D eigenvalue weighted by molar-refractivity contribution is 6.33. The van der Waals surface area contributed by atoms with Gasteiger partial charge >= 0.3 is 5.97 Å². The van der Waals surface area contributed by atoms with Gasteiger partial charge in [0.05, 0.1) is 10.6 Å². The maximum absolute atomic E-state index is 10.8. The Labute approximate surface area is 112 Å². The number of rotatable bonds is 6. The van der Waals surface area contributed by atoms with Crippen LogP contribution in [-0.2, 0) is 0 Å². The van der Waals surface area contributed by atoms with Crippen LogP contribution in [0.1, 0.15) is 30.6 Å². The molecule has 0 fully saturated rings. The van der Waals surface area contributed by atoms with Crippen molar-refractivity contribution in [3.8, 4) is 0 Å². The molecule has 1 aromatic carbocycles. The van der Waals surface area contributed by atoms with Gasteiger partial charge in [0, 0.05) is 18.8 Å². The Hall–Kier alpha value is -1.26. The number of benzene rings is 1. The van der Waals surface area contributed by atoms with Crippen molar-refractivity contribution in [1.82, 2.24) is 0 Å². The van der Waals surface area contributed by atoms with E-state index in [1.807, 2.05) is 13.8 Å². The van der Waals surface area contributed by atoms with Gasteiger partial charge in [-0.1, -0.05) is 25.4 Å². The van der Waals surface area contributed by atoms with Crippen molar-refractivity contribution in [2.75, 3.05) is 18.5 Å². The Balaban J connectivity index is 2.70. The van der Waals surface area contributed by atoms with E-state index in [-0.39, 0.29) is 22.6 Å². The Morgan fingerprint density at radius 1 is 1.44 bits per heavy atom. The number of carboxylic acids is 1. The number of anilines is 1. The summed E-state index contributed by atoms with van der Waals surface area (Å²) in [7, 11) is 0. The molecule has 0 amide bonds. The smallest absolute Gasteiger partial charge is 0.337 e. The maximum Gasteiger partial charge on any atom is 0.337 e. The lowest BCUT2D eigenvalue weighted by atomic mass is 9.89. The summed E-state index contributed by atoms with van der Waals surface area (Å²) in [6, 6.07) is 4.76. The Kier molecular flexibility index (Phi) is 4.99. The quantitative estimate of drug-likeness (QED) is 0.744. The first-order valence-electron chi connectivity index (χ1n) is 5.73. The number of aliphatic hydroxyl groups excluding tert-OH is 1. The molecule has 1 aromatic rings. The van der Waals surface area contributed by atoms with Crippen LogP contribution in [0.15, 0.2) is 18.2 Å². The summed E-state index contributed by atoms with van der Waals surface area (Å²) < 4.78 is 0. The minimum atomic E-state index is -1.04. The molecular formula is C13H18ClNO3. The molecule has 0 saturated heterocycles. The molecule has 18 heavy (non-hydrogen) atoms. The van der Waals surface area contributed by atoms with E-state index in [9.17, 15) is 4.79 Å². The SMILES string of the molecule is CC(C)(CCO)CNc1ccc(C(=O)O)c(Cl)c1. The van der Waals surface area contributed by atoms with E-state index >= 15 is 0 Å². The Bertz CT molecular complexity index is 432. The van der Waals surface area contributed by atoms with Crippen molar-refractivity contribution in [2.45, 2.75) is 20.3 Å². The molecule has 0 aromatic heterocycles. The van der Waals surface area contributed by atoms with E-state index in [0.717, 1.165) is 5.69 Å². The summed E-state index contributed by atoms with van der Waals surface area (Å²) in [5, 5.41) is 21.2. The Morgan fingerprint density at radius 2 is 2.11 bits per heavy atom. The van der Waals surface area contributed by atoms with Crippen LogP contribution in [0.25, 0.3) is 0 Å². The molecule has 0 aliphatic carbocycles. The summed E-state index contributed by atoms with van der Waals surface area (Å²) in [6.07, 6.45) is 0.695. The molecular weight excluding hydrogens is 254 g/mol. The standard InChI is InChI=1S/C13H18ClNO3/c1-13(2,5-6-16)8-15-9-3-4-10(12(17)18)11(14)7-9/h3-4,7,15-16H,5-6,8H2,1-2H3,(H,17,18). The van der Waals surface area contributed by atoms with Crippen LogP contribution in [0.5, 0.6) is 0 Å². The minimum absolute atomic E-state index is 0.0350. The van der Waals surface area contributed by atoms with Crippen LogP contribution in [0.4, 0.5) is 5.69 Å². The largest absolute Gasteiger partial charge is 0.478 e. The van der Waals surface area contributed by atoms with Gasteiger partial charge in [-0.25, -0.2) is 4.79 Å². The summed E-state index contributed by atoms with van der Waals surface area (Å²) in [5.74, 6) is -1.04. The van der Waals surface area contributed by atoms with Gasteiger partial charge in [-0.15, -0.1) is 0 Å². The monoisotopic (exact) mass is 271 g/mol. The third kappa shape index (κ3) is 4.20.